The van der Waals surface area contributed by atoms with E-state index < -0.39 is 5.60 Å². The van der Waals surface area contributed by atoms with E-state index >= 15 is 0 Å². The van der Waals surface area contributed by atoms with Crippen LogP contribution in [0, 0.1) is 5.92 Å². The van der Waals surface area contributed by atoms with Crippen molar-refractivity contribution in [3.05, 3.63) is 24.3 Å². The van der Waals surface area contributed by atoms with E-state index in [1.807, 2.05) is 39.0 Å². The Morgan fingerprint density at radius 2 is 2.00 bits per heavy atom. The third kappa shape index (κ3) is 2.65. The molecule has 1 amide bonds. The van der Waals surface area contributed by atoms with Gasteiger partial charge in [-0.1, -0.05) is 25.2 Å². The summed E-state index contributed by atoms with van der Waals surface area (Å²) < 4.78 is 5.58. The van der Waals surface area contributed by atoms with Gasteiger partial charge in [-0.15, -0.1) is 0 Å². The van der Waals surface area contributed by atoms with Crippen LogP contribution in [0.2, 0.25) is 0 Å². The summed E-state index contributed by atoms with van der Waals surface area (Å²) in [7, 11) is 0. The van der Waals surface area contributed by atoms with Crippen LogP contribution in [0.5, 0.6) is 0 Å². The lowest BCUT2D eigenvalue weighted by Crippen LogP contribution is -2.42. The molecular weight excluding hydrogens is 202 g/mol. The van der Waals surface area contributed by atoms with Gasteiger partial charge in [0.15, 0.2) is 0 Å². The van der Waals surface area contributed by atoms with Crippen LogP contribution < -0.4 is 0 Å². The molecule has 2 unspecified atom stereocenters. The first kappa shape index (κ1) is 12.8. The van der Waals surface area contributed by atoms with Crippen LogP contribution in [0.3, 0.4) is 0 Å². The van der Waals surface area contributed by atoms with Crippen LogP contribution in [-0.2, 0) is 4.74 Å². The number of ether oxygens (including phenoxy) is 1. The van der Waals surface area contributed by atoms with Gasteiger partial charge in [0.25, 0.3) is 0 Å². The number of allylic oxidation sites excluding steroid dienone is 2. The Balaban J connectivity index is 2.69. The number of carbonyl (C=O) groups excluding carboxylic acids is 1. The van der Waals surface area contributed by atoms with Crippen LogP contribution >= 0.6 is 0 Å². The van der Waals surface area contributed by atoms with E-state index in [1.54, 1.807) is 4.90 Å². The Kier molecular flexibility index (Phi) is 4.16. The summed E-state index contributed by atoms with van der Waals surface area (Å²) in [6.07, 6.45) is 7.67. The molecule has 0 aliphatic heterocycles. The van der Waals surface area contributed by atoms with E-state index in [2.05, 4.69) is 13.0 Å². The average molecular weight is 223 g/mol. The zero-order chi connectivity index (χ0) is 12.2. The Morgan fingerprint density at radius 3 is 2.50 bits per heavy atom. The highest BCUT2D eigenvalue weighted by Gasteiger charge is 2.33. The molecule has 1 aliphatic carbocycles. The van der Waals surface area contributed by atoms with Crippen LogP contribution in [0.4, 0.5) is 4.79 Å². The van der Waals surface area contributed by atoms with Gasteiger partial charge < -0.3 is 9.64 Å². The van der Waals surface area contributed by atoms with Crippen molar-refractivity contribution in [1.82, 2.24) is 4.90 Å². The predicted octanol–water partition coefficient (Wildman–Crippen LogP) is 2.99. The van der Waals surface area contributed by atoms with Gasteiger partial charge in [-0.05, 0) is 26.8 Å². The molecule has 0 aromatic heterocycles. The number of carbonyl (C=O) groups is 1. The highest BCUT2D eigenvalue weighted by Crippen LogP contribution is 2.28. The van der Waals surface area contributed by atoms with Gasteiger partial charge in [-0.3, -0.25) is 0 Å². The SMILES string of the molecule is CCN(CC)C(=O)OC1(C)C=CC=CC1C. The molecule has 0 aromatic carbocycles. The molecule has 0 bridgehead atoms. The summed E-state index contributed by atoms with van der Waals surface area (Å²) in [5.74, 6) is 0.206. The molecule has 16 heavy (non-hydrogen) atoms. The number of amides is 1. The maximum atomic E-state index is 11.9. The Morgan fingerprint density at radius 1 is 1.38 bits per heavy atom. The summed E-state index contributed by atoms with van der Waals surface area (Å²) in [6, 6.07) is 0. The van der Waals surface area contributed by atoms with Gasteiger partial charge in [0.05, 0.1) is 0 Å². The van der Waals surface area contributed by atoms with Crippen LogP contribution in [-0.4, -0.2) is 29.7 Å². The zero-order valence-electron chi connectivity index (χ0n) is 10.6. The molecule has 0 saturated heterocycles. The number of rotatable bonds is 3. The van der Waals surface area contributed by atoms with Gasteiger partial charge >= 0.3 is 6.09 Å². The number of hydrogen-bond acceptors (Lipinski definition) is 2. The second-order valence-corrected chi connectivity index (χ2v) is 4.26. The van der Waals surface area contributed by atoms with Gasteiger partial charge in [0.1, 0.15) is 5.60 Å². The first-order valence-electron chi connectivity index (χ1n) is 5.87. The Labute approximate surface area is 97.8 Å². The molecule has 3 heteroatoms. The van der Waals surface area contributed by atoms with Crippen molar-refractivity contribution in [2.75, 3.05) is 13.1 Å². The molecule has 90 valence electrons. The molecule has 1 rings (SSSR count). The molecule has 2 atom stereocenters. The van der Waals surface area contributed by atoms with E-state index in [1.165, 1.54) is 0 Å². The number of hydrogen-bond donors (Lipinski definition) is 0. The minimum Gasteiger partial charge on any atom is -0.438 e. The van der Waals surface area contributed by atoms with Crippen molar-refractivity contribution in [2.45, 2.75) is 33.3 Å². The van der Waals surface area contributed by atoms with Crippen molar-refractivity contribution >= 4 is 6.09 Å². The van der Waals surface area contributed by atoms with E-state index in [0.29, 0.717) is 13.1 Å². The van der Waals surface area contributed by atoms with Crippen molar-refractivity contribution in [3.63, 3.8) is 0 Å². The first-order chi connectivity index (χ1) is 7.53. The molecule has 0 spiro atoms. The lowest BCUT2D eigenvalue weighted by atomic mass is 9.87. The quantitative estimate of drug-likeness (QED) is 0.736. The summed E-state index contributed by atoms with van der Waals surface area (Å²) in [5.41, 5.74) is -0.519. The second kappa shape index (κ2) is 5.19. The summed E-state index contributed by atoms with van der Waals surface area (Å²) >= 11 is 0. The lowest BCUT2D eigenvalue weighted by Gasteiger charge is -2.34. The standard InChI is InChI=1S/C13H21NO2/c1-5-14(6-2)12(15)16-13(4)10-8-7-9-11(13)3/h7-11H,5-6H2,1-4H3. The smallest absolute Gasteiger partial charge is 0.410 e. The minimum atomic E-state index is -0.519. The topological polar surface area (TPSA) is 29.5 Å². The second-order valence-electron chi connectivity index (χ2n) is 4.26. The largest absolute Gasteiger partial charge is 0.438 e. The highest BCUT2D eigenvalue weighted by molar-refractivity contribution is 5.68. The maximum absolute atomic E-state index is 11.9. The fraction of sp³-hybridized carbons (Fsp3) is 0.615. The van der Waals surface area contributed by atoms with Gasteiger partial charge in [0, 0.05) is 19.0 Å². The van der Waals surface area contributed by atoms with Gasteiger partial charge in [-0.25, -0.2) is 4.79 Å². The summed E-state index contributed by atoms with van der Waals surface area (Å²) in [5, 5.41) is 0. The van der Waals surface area contributed by atoms with Crippen molar-refractivity contribution in [3.8, 4) is 0 Å². The molecular formula is C13H21NO2. The van der Waals surface area contributed by atoms with Crippen molar-refractivity contribution in [1.29, 1.82) is 0 Å². The normalized spacial score (nSPS) is 27.9. The Hall–Kier alpha value is -1.25. The molecule has 3 nitrogen and oxygen atoms in total. The van der Waals surface area contributed by atoms with Crippen molar-refractivity contribution in [2.24, 2.45) is 5.92 Å². The fourth-order valence-corrected chi connectivity index (χ4v) is 1.68. The third-order valence-corrected chi connectivity index (χ3v) is 3.17. The fourth-order valence-electron chi connectivity index (χ4n) is 1.68. The van der Waals surface area contributed by atoms with E-state index in [-0.39, 0.29) is 12.0 Å². The van der Waals surface area contributed by atoms with E-state index in [0.717, 1.165) is 0 Å². The molecule has 0 heterocycles. The van der Waals surface area contributed by atoms with Crippen molar-refractivity contribution < 1.29 is 9.53 Å². The number of nitrogens with zero attached hydrogens (tertiary/aromatic N) is 1. The predicted molar refractivity (Wildman–Crippen MR) is 65.3 cm³/mol. The van der Waals surface area contributed by atoms with Crippen LogP contribution in [0.1, 0.15) is 27.7 Å². The monoisotopic (exact) mass is 223 g/mol. The minimum absolute atomic E-state index is 0.206. The van der Waals surface area contributed by atoms with E-state index in [4.69, 9.17) is 4.74 Å². The summed E-state index contributed by atoms with van der Waals surface area (Å²) in [6.45, 7) is 9.26. The van der Waals surface area contributed by atoms with Crippen LogP contribution in [0.25, 0.3) is 0 Å². The lowest BCUT2D eigenvalue weighted by molar-refractivity contribution is 0.0122. The van der Waals surface area contributed by atoms with Gasteiger partial charge in [0.2, 0.25) is 0 Å². The molecule has 0 saturated carbocycles. The maximum Gasteiger partial charge on any atom is 0.410 e. The van der Waals surface area contributed by atoms with Gasteiger partial charge in [-0.2, -0.15) is 0 Å². The third-order valence-electron chi connectivity index (χ3n) is 3.17. The molecule has 1 aliphatic rings. The Bertz CT molecular complexity index is 305. The molecule has 0 radical (unpaired) electrons. The summed E-state index contributed by atoms with van der Waals surface area (Å²) in [4.78, 5) is 13.6. The average Bonchev–Trinajstić information content (AvgIpc) is 2.24. The molecule has 0 N–H and O–H groups in total. The molecule has 0 fully saturated rings. The highest BCUT2D eigenvalue weighted by atomic mass is 16.6. The van der Waals surface area contributed by atoms with Crippen LogP contribution in [0.15, 0.2) is 24.3 Å². The molecule has 0 aromatic rings. The zero-order valence-corrected chi connectivity index (χ0v) is 10.6. The first-order valence-corrected chi connectivity index (χ1v) is 5.87. The van der Waals surface area contributed by atoms with E-state index in [9.17, 15) is 4.79 Å².